The van der Waals surface area contributed by atoms with Crippen LogP contribution in [-0.4, -0.2) is 11.6 Å². The Labute approximate surface area is 120 Å². The quantitative estimate of drug-likeness (QED) is 0.535. The zero-order chi connectivity index (χ0) is 14.6. The third kappa shape index (κ3) is 6.52. The maximum Gasteiger partial charge on any atom is 0 e. The number of allylic oxidation sites excluding steroid dienone is 2. The molecule has 6 heteroatoms. The molecule has 0 heterocycles. The molecule has 1 aromatic carbocycles. The van der Waals surface area contributed by atoms with Gasteiger partial charge in [-0.25, -0.2) is 0 Å². The minimum Gasteiger partial charge on any atom is 0 e. The zero-order valence-corrected chi connectivity index (χ0v) is 10.7. The van der Waals surface area contributed by atoms with Gasteiger partial charge in [-0.3, -0.25) is 9.59 Å². The van der Waals surface area contributed by atoms with Crippen LogP contribution in [0.5, 0.6) is 0 Å². The summed E-state index contributed by atoms with van der Waals surface area (Å²) in [4.78, 5) is 22.4. The Hall–Kier alpha value is -1.95. The maximum absolute atomic E-state index is 11.2. The van der Waals surface area contributed by atoms with Crippen LogP contribution in [0.1, 0.15) is 20.7 Å². The van der Waals surface area contributed by atoms with Crippen LogP contribution in [-0.2, 0) is 31.3 Å². The average molecular weight is 294 g/mol. The summed E-state index contributed by atoms with van der Waals surface area (Å²) in [5.74, 6) is -0.185. The summed E-state index contributed by atoms with van der Waals surface area (Å²) in [5.41, 5.74) is 1.01. The molecule has 0 aliphatic heterocycles. The summed E-state index contributed by atoms with van der Waals surface area (Å²) in [6.07, 6.45) is 2.62. The van der Waals surface area contributed by atoms with Gasteiger partial charge in [0.25, 0.3) is 0 Å². The third-order valence-electron chi connectivity index (χ3n) is 1.84. The van der Waals surface area contributed by atoms with E-state index >= 15 is 0 Å². The van der Waals surface area contributed by atoms with Gasteiger partial charge in [-0.05, 0) is 12.2 Å². The van der Waals surface area contributed by atoms with Crippen LogP contribution in [0.25, 0.3) is 0 Å². The first kappa shape index (κ1) is 22.3. The summed E-state index contributed by atoms with van der Waals surface area (Å²) in [6, 6.07) is 6.84. The van der Waals surface area contributed by atoms with Gasteiger partial charge in [0.15, 0.2) is 11.6 Å². The number of benzene rings is 1. The number of carbonyl (C=O) groups excluding carboxylic acids is 2. The molecule has 1 aromatic rings. The Morgan fingerprint density at radius 3 is 1.21 bits per heavy atom. The second-order valence-corrected chi connectivity index (χ2v) is 2.61. The minimum atomic E-state index is -0.0924. The first-order valence-corrected chi connectivity index (χ1v) is 4.26. The van der Waals surface area contributed by atoms with E-state index in [4.69, 9.17) is 14.0 Å². The molecule has 0 aromatic heterocycles. The van der Waals surface area contributed by atoms with Crippen molar-refractivity contribution < 1.29 is 40.9 Å². The predicted octanol–water partition coefficient (Wildman–Crippen LogP) is 1.51. The van der Waals surface area contributed by atoms with Crippen molar-refractivity contribution in [3.8, 4) is 0 Å². The number of rotatable bonds is 0. The predicted molar refractivity (Wildman–Crippen MR) is 56.0 cm³/mol. The SMILES string of the molecule is O=C1C=CC(=O)c2ccccc21.[C-]#[O+].[C-]#[O+].[C-]#[O+].[Cr]. The third-order valence-corrected chi connectivity index (χ3v) is 1.84. The zero-order valence-electron chi connectivity index (χ0n) is 9.41. The van der Waals surface area contributed by atoms with E-state index in [2.05, 4.69) is 20.0 Å². The maximum atomic E-state index is 11.2. The van der Waals surface area contributed by atoms with Crippen LogP contribution in [0.2, 0.25) is 0 Å². The van der Waals surface area contributed by atoms with Gasteiger partial charge in [-0.2, -0.15) is 0 Å². The van der Waals surface area contributed by atoms with Crippen molar-refractivity contribution in [2.75, 3.05) is 0 Å². The van der Waals surface area contributed by atoms with Crippen molar-refractivity contribution in [3.63, 3.8) is 0 Å². The molecule has 0 fully saturated rings. The molecule has 0 N–H and O–H groups in total. The second-order valence-electron chi connectivity index (χ2n) is 2.61. The first-order chi connectivity index (χ1) is 8.79. The normalized spacial score (nSPS) is 9.58. The van der Waals surface area contributed by atoms with Crippen LogP contribution in [0.15, 0.2) is 36.4 Å². The van der Waals surface area contributed by atoms with Gasteiger partial charge < -0.3 is 0 Å². The molecule has 0 radical (unpaired) electrons. The molecule has 1 aliphatic rings. The molecule has 0 amide bonds. The van der Waals surface area contributed by atoms with E-state index in [-0.39, 0.29) is 28.9 Å². The molecule has 0 saturated heterocycles. The summed E-state index contributed by atoms with van der Waals surface area (Å²) < 4.78 is 22.5. The van der Waals surface area contributed by atoms with Crippen molar-refractivity contribution in [1.29, 1.82) is 0 Å². The molecule has 1 aliphatic carbocycles. The largest absolute Gasteiger partial charge is 0 e. The van der Waals surface area contributed by atoms with Crippen LogP contribution in [0.3, 0.4) is 0 Å². The average Bonchev–Trinajstić information content (AvgIpc) is 2.50. The van der Waals surface area contributed by atoms with Gasteiger partial charge in [0, 0.05) is 28.5 Å². The van der Waals surface area contributed by atoms with Crippen LogP contribution >= 0.6 is 0 Å². The molecule has 0 saturated carbocycles. The fourth-order valence-corrected chi connectivity index (χ4v) is 1.24. The molecule has 5 nitrogen and oxygen atoms in total. The molecule has 0 atom stereocenters. The van der Waals surface area contributed by atoms with Crippen molar-refractivity contribution >= 4 is 11.6 Å². The van der Waals surface area contributed by atoms with E-state index in [0.717, 1.165) is 0 Å². The number of hydrogen-bond donors (Lipinski definition) is 0. The Balaban J connectivity index is -0.000000325. The second kappa shape index (κ2) is 14.1. The summed E-state index contributed by atoms with van der Waals surface area (Å²) in [6.45, 7) is 13.5. The van der Waals surface area contributed by atoms with Gasteiger partial charge >= 0.3 is 33.9 Å². The van der Waals surface area contributed by atoms with E-state index in [1.165, 1.54) is 12.2 Å². The van der Waals surface area contributed by atoms with E-state index in [1.54, 1.807) is 24.3 Å². The fraction of sp³-hybridized carbons (Fsp3) is 0. The molecular weight excluding hydrogens is 288 g/mol. The van der Waals surface area contributed by atoms with Crippen molar-refractivity contribution in [2.24, 2.45) is 0 Å². The van der Waals surface area contributed by atoms with E-state index in [9.17, 15) is 9.59 Å². The first-order valence-electron chi connectivity index (χ1n) is 4.26. The van der Waals surface area contributed by atoms with Crippen molar-refractivity contribution in [1.82, 2.24) is 0 Å². The van der Waals surface area contributed by atoms with E-state index in [0.29, 0.717) is 11.1 Å². The molecule has 0 unspecified atom stereocenters. The van der Waals surface area contributed by atoms with Gasteiger partial charge in [-0.15, -0.1) is 0 Å². The van der Waals surface area contributed by atoms with E-state index < -0.39 is 0 Å². The van der Waals surface area contributed by atoms with Gasteiger partial charge in [0.05, 0.1) is 0 Å². The molecule has 94 valence electrons. The molecule has 0 bridgehead atoms. The Morgan fingerprint density at radius 1 is 0.684 bits per heavy atom. The minimum absolute atomic E-state index is 0. The van der Waals surface area contributed by atoms with Crippen LogP contribution in [0.4, 0.5) is 0 Å². The number of carbonyl (C=O) groups is 2. The summed E-state index contributed by atoms with van der Waals surface area (Å²) >= 11 is 0. The number of ketones is 2. The standard InChI is InChI=1S/C10H6O2.3CO.Cr/c11-9-5-6-10(12)8-4-2-1-3-7(8)9;3*1-2;/h1-6H;;;;. The van der Waals surface area contributed by atoms with Gasteiger partial charge in [0.2, 0.25) is 0 Å². The summed E-state index contributed by atoms with van der Waals surface area (Å²) in [5, 5.41) is 0. The van der Waals surface area contributed by atoms with Gasteiger partial charge in [-0.1, -0.05) is 24.3 Å². The molecule has 2 rings (SSSR count). The molecule has 0 spiro atoms. The number of fused-ring (bicyclic) bond motifs is 1. The summed E-state index contributed by atoms with van der Waals surface area (Å²) in [7, 11) is 0. The van der Waals surface area contributed by atoms with E-state index in [1.807, 2.05) is 0 Å². The molecular formula is C13H6CrO5. The van der Waals surface area contributed by atoms with Crippen molar-refractivity contribution in [2.45, 2.75) is 0 Å². The monoisotopic (exact) mass is 294 g/mol. The topological polar surface area (TPSA) is 93.8 Å². The Kier molecular flexibility index (Phi) is 16.5. The van der Waals surface area contributed by atoms with Crippen LogP contribution < -0.4 is 0 Å². The smallest absolute Gasteiger partial charge is 0 e. The van der Waals surface area contributed by atoms with Crippen molar-refractivity contribution in [3.05, 3.63) is 67.5 Å². The number of hydrogen-bond acceptors (Lipinski definition) is 2. The Morgan fingerprint density at radius 2 is 0.947 bits per heavy atom. The van der Waals surface area contributed by atoms with Gasteiger partial charge in [0.1, 0.15) is 0 Å². The fourth-order valence-electron chi connectivity index (χ4n) is 1.24. The van der Waals surface area contributed by atoms with Crippen LogP contribution in [0, 0.1) is 20.0 Å². The molecule has 19 heavy (non-hydrogen) atoms. The Bertz CT molecular complexity index is 460.